The summed E-state index contributed by atoms with van der Waals surface area (Å²) in [4.78, 5) is 0.874. The van der Waals surface area contributed by atoms with Gasteiger partial charge in [-0.25, -0.2) is 0 Å². The number of rotatable bonds is 2. The normalized spacial score (nSPS) is 24.4. The standard InChI is InChI=1S/C11H14O2S/c12-14(10-6-2-1-3-7-10)11-8-4-5-9-13-11/h1-3,6-7,11H,4-5,8-9H2. The third kappa shape index (κ3) is 2.22. The van der Waals surface area contributed by atoms with Crippen LogP contribution in [0, 0.1) is 0 Å². The van der Waals surface area contributed by atoms with E-state index in [4.69, 9.17) is 4.74 Å². The molecule has 2 rings (SSSR count). The van der Waals surface area contributed by atoms with E-state index in [1.54, 1.807) is 0 Å². The van der Waals surface area contributed by atoms with Crippen molar-refractivity contribution in [2.75, 3.05) is 6.61 Å². The lowest BCUT2D eigenvalue weighted by Crippen LogP contribution is -2.23. The molecule has 76 valence electrons. The molecule has 1 aliphatic rings. The Kier molecular flexibility index (Phi) is 3.32. The summed E-state index contributed by atoms with van der Waals surface area (Å²) < 4.78 is 17.5. The van der Waals surface area contributed by atoms with Crippen LogP contribution in [0.15, 0.2) is 35.2 Å². The molecule has 0 aliphatic carbocycles. The summed E-state index contributed by atoms with van der Waals surface area (Å²) in [5.74, 6) is 0. The molecule has 0 bridgehead atoms. The van der Waals surface area contributed by atoms with Crippen molar-refractivity contribution in [3.63, 3.8) is 0 Å². The van der Waals surface area contributed by atoms with Crippen molar-refractivity contribution in [2.45, 2.75) is 29.6 Å². The Morgan fingerprint density at radius 3 is 2.64 bits per heavy atom. The van der Waals surface area contributed by atoms with Gasteiger partial charge in [-0.15, -0.1) is 0 Å². The van der Waals surface area contributed by atoms with Crippen LogP contribution in [0.1, 0.15) is 19.3 Å². The quantitative estimate of drug-likeness (QED) is 0.748. The highest BCUT2D eigenvalue weighted by Gasteiger charge is 2.21. The molecule has 3 heteroatoms. The maximum atomic E-state index is 12.0. The molecular weight excluding hydrogens is 196 g/mol. The molecule has 2 unspecified atom stereocenters. The van der Waals surface area contributed by atoms with E-state index in [-0.39, 0.29) is 5.44 Å². The van der Waals surface area contributed by atoms with Crippen molar-refractivity contribution in [3.05, 3.63) is 30.3 Å². The fourth-order valence-electron chi connectivity index (χ4n) is 1.59. The average molecular weight is 210 g/mol. The molecule has 0 spiro atoms. The van der Waals surface area contributed by atoms with Gasteiger partial charge in [0.15, 0.2) is 0 Å². The van der Waals surface area contributed by atoms with Gasteiger partial charge < -0.3 is 4.74 Å². The molecule has 0 radical (unpaired) electrons. The Bertz CT molecular complexity index is 304. The molecule has 1 heterocycles. The minimum absolute atomic E-state index is 0.0915. The lowest BCUT2D eigenvalue weighted by molar-refractivity contribution is 0.0694. The van der Waals surface area contributed by atoms with Crippen LogP contribution in [-0.4, -0.2) is 16.3 Å². The summed E-state index contributed by atoms with van der Waals surface area (Å²) in [7, 11) is -0.992. The average Bonchev–Trinajstić information content (AvgIpc) is 2.30. The summed E-state index contributed by atoms with van der Waals surface area (Å²) >= 11 is 0. The molecule has 1 saturated heterocycles. The van der Waals surface area contributed by atoms with Crippen LogP contribution in [0.5, 0.6) is 0 Å². The highest BCUT2D eigenvalue weighted by atomic mass is 32.2. The SMILES string of the molecule is O=S(c1ccccc1)C1CCCCO1. The minimum atomic E-state index is -0.992. The van der Waals surface area contributed by atoms with Crippen molar-refractivity contribution >= 4 is 10.8 Å². The smallest absolute Gasteiger partial charge is 0.137 e. The predicted octanol–water partition coefficient (Wildman–Crippen LogP) is 2.32. The van der Waals surface area contributed by atoms with E-state index in [0.29, 0.717) is 0 Å². The van der Waals surface area contributed by atoms with E-state index in [1.807, 2.05) is 30.3 Å². The lowest BCUT2D eigenvalue weighted by atomic mass is 10.2. The number of ether oxygens (including phenoxy) is 1. The maximum Gasteiger partial charge on any atom is 0.137 e. The number of hydrogen-bond acceptors (Lipinski definition) is 2. The molecule has 0 saturated carbocycles. The van der Waals surface area contributed by atoms with Crippen LogP contribution in [0.2, 0.25) is 0 Å². The molecule has 0 amide bonds. The minimum Gasteiger partial charge on any atom is -0.365 e. The van der Waals surface area contributed by atoms with Crippen LogP contribution in [-0.2, 0) is 15.5 Å². The molecule has 2 atom stereocenters. The number of benzene rings is 1. The molecule has 14 heavy (non-hydrogen) atoms. The topological polar surface area (TPSA) is 26.3 Å². The van der Waals surface area contributed by atoms with Crippen LogP contribution >= 0.6 is 0 Å². The first-order valence-corrected chi connectivity index (χ1v) is 6.16. The molecule has 2 nitrogen and oxygen atoms in total. The highest BCUT2D eigenvalue weighted by Crippen LogP contribution is 2.20. The monoisotopic (exact) mass is 210 g/mol. The van der Waals surface area contributed by atoms with Gasteiger partial charge in [-0.3, -0.25) is 4.21 Å². The van der Waals surface area contributed by atoms with Crippen LogP contribution in [0.25, 0.3) is 0 Å². The Labute approximate surface area is 86.7 Å². The van der Waals surface area contributed by atoms with Gasteiger partial charge in [0.1, 0.15) is 5.44 Å². The molecule has 0 N–H and O–H groups in total. The fraction of sp³-hybridized carbons (Fsp3) is 0.455. The molecule has 1 aliphatic heterocycles. The van der Waals surface area contributed by atoms with Gasteiger partial charge in [0.05, 0.1) is 10.8 Å². The van der Waals surface area contributed by atoms with E-state index >= 15 is 0 Å². The van der Waals surface area contributed by atoms with Gasteiger partial charge in [-0.1, -0.05) is 18.2 Å². The van der Waals surface area contributed by atoms with E-state index < -0.39 is 10.8 Å². The zero-order valence-electron chi connectivity index (χ0n) is 8.02. The first kappa shape index (κ1) is 9.87. The van der Waals surface area contributed by atoms with Crippen molar-refractivity contribution in [2.24, 2.45) is 0 Å². The maximum absolute atomic E-state index is 12.0. The van der Waals surface area contributed by atoms with E-state index in [1.165, 1.54) is 0 Å². The van der Waals surface area contributed by atoms with E-state index in [9.17, 15) is 4.21 Å². The Morgan fingerprint density at radius 1 is 1.21 bits per heavy atom. The van der Waals surface area contributed by atoms with Gasteiger partial charge >= 0.3 is 0 Å². The van der Waals surface area contributed by atoms with Gasteiger partial charge in [0, 0.05) is 11.5 Å². The largest absolute Gasteiger partial charge is 0.365 e. The van der Waals surface area contributed by atoms with Crippen LogP contribution in [0.4, 0.5) is 0 Å². The summed E-state index contributed by atoms with van der Waals surface area (Å²) in [6.07, 6.45) is 3.15. The second kappa shape index (κ2) is 4.71. The third-order valence-electron chi connectivity index (χ3n) is 2.35. The molecular formula is C11H14O2S. The summed E-state index contributed by atoms with van der Waals surface area (Å²) in [5, 5.41) is 0. The summed E-state index contributed by atoms with van der Waals surface area (Å²) in [6.45, 7) is 0.753. The molecule has 0 aromatic heterocycles. The molecule has 1 aromatic carbocycles. The van der Waals surface area contributed by atoms with E-state index in [0.717, 1.165) is 30.8 Å². The first-order valence-electron chi connectivity index (χ1n) is 4.95. The second-order valence-corrected chi connectivity index (χ2v) is 5.00. The van der Waals surface area contributed by atoms with Gasteiger partial charge in [0.2, 0.25) is 0 Å². The zero-order chi connectivity index (χ0) is 9.80. The predicted molar refractivity (Wildman–Crippen MR) is 56.4 cm³/mol. The molecule has 1 fully saturated rings. The number of hydrogen-bond donors (Lipinski definition) is 0. The van der Waals surface area contributed by atoms with E-state index in [2.05, 4.69) is 0 Å². The first-order chi connectivity index (χ1) is 6.88. The summed E-state index contributed by atoms with van der Waals surface area (Å²) in [6, 6.07) is 9.55. The third-order valence-corrected chi connectivity index (χ3v) is 3.94. The van der Waals surface area contributed by atoms with Gasteiger partial charge in [0.25, 0.3) is 0 Å². The van der Waals surface area contributed by atoms with Gasteiger partial charge in [-0.05, 0) is 31.4 Å². The highest BCUT2D eigenvalue weighted by molar-refractivity contribution is 7.85. The van der Waals surface area contributed by atoms with Crippen molar-refractivity contribution in [3.8, 4) is 0 Å². The Morgan fingerprint density at radius 2 is 2.00 bits per heavy atom. The lowest BCUT2D eigenvalue weighted by Gasteiger charge is -2.21. The Hall–Kier alpha value is -0.670. The van der Waals surface area contributed by atoms with Crippen LogP contribution < -0.4 is 0 Å². The van der Waals surface area contributed by atoms with Crippen molar-refractivity contribution < 1.29 is 8.95 Å². The van der Waals surface area contributed by atoms with Crippen molar-refractivity contribution in [1.82, 2.24) is 0 Å². The second-order valence-electron chi connectivity index (χ2n) is 3.41. The zero-order valence-corrected chi connectivity index (χ0v) is 8.83. The van der Waals surface area contributed by atoms with Crippen molar-refractivity contribution in [1.29, 1.82) is 0 Å². The molecule has 1 aromatic rings. The van der Waals surface area contributed by atoms with Crippen LogP contribution in [0.3, 0.4) is 0 Å². The van der Waals surface area contributed by atoms with Gasteiger partial charge in [-0.2, -0.15) is 0 Å². The fourth-order valence-corrected chi connectivity index (χ4v) is 2.92. The Balaban J connectivity index is 2.07. The summed E-state index contributed by atoms with van der Waals surface area (Å²) in [5.41, 5.74) is -0.0915.